The summed E-state index contributed by atoms with van der Waals surface area (Å²) in [5.74, 6) is -0.321. The number of piperidine rings is 2. The second-order valence-electron chi connectivity index (χ2n) is 9.38. The number of hydrogen-bond acceptors (Lipinski definition) is 4. The maximum Gasteiger partial charge on any atom is 0.256 e. The number of hydrogen-bond donors (Lipinski definition) is 1. The van der Waals surface area contributed by atoms with Gasteiger partial charge in [0, 0.05) is 44.9 Å². The van der Waals surface area contributed by atoms with E-state index in [0.717, 1.165) is 0 Å². The Hall–Kier alpha value is -3.42. The molecule has 2 aromatic carbocycles. The minimum Gasteiger partial charge on any atom is -0.484 e. The first-order valence-corrected chi connectivity index (χ1v) is 11.8. The fraction of sp³-hybridized carbons (Fsp3) is 0.423. The van der Waals surface area contributed by atoms with Gasteiger partial charge in [0.2, 0.25) is 11.8 Å². The van der Waals surface area contributed by atoms with Crippen LogP contribution in [0.1, 0.15) is 42.5 Å². The minimum absolute atomic E-state index is 0.0719. The zero-order valence-electron chi connectivity index (χ0n) is 19.0. The number of nitrogens with zero attached hydrogens (tertiary/aromatic N) is 2. The number of anilines is 1. The van der Waals surface area contributed by atoms with Gasteiger partial charge >= 0.3 is 0 Å². The van der Waals surface area contributed by atoms with E-state index in [1.807, 2.05) is 29.2 Å². The fourth-order valence-electron chi connectivity index (χ4n) is 5.22. The van der Waals surface area contributed by atoms with Crippen molar-refractivity contribution in [3.05, 3.63) is 59.9 Å². The molecule has 3 aliphatic rings. The van der Waals surface area contributed by atoms with Gasteiger partial charge in [-0.3, -0.25) is 14.4 Å². The van der Waals surface area contributed by atoms with Crippen LogP contribution >= 0.6 is 0 Å². The van der Waals surface area contributed by atoms with Gasteiger partial charge in [-0.25, -0.2) is 4.39 Å². The van der Waals surface area contributed by atoms with Crippen LogP contribution in [0.25, 0.3) is 0 Å². The largest absolute Gasteiger partial charge is 0.484 e. The Morgan fingerprint density at radius 1 is 0.941 bits per heavy atom. The number of likely N-dealkylation sites (tertiary alicyclic amines) is 2. The quantitative estimate of drug-likeness (QED) is 0.737. The van der Waals surface area contributed by atoms with Gasteiger partial charge in [0.05, 0.1) is 17.7 Å². The average molecular weight is 466 g/mol. The summed E-state index contributed by atoms with van der Waals surface area (Å²) in [6.45, 7) is 1.92. The average Bonchev–Trinajstić information content (AvgIpc) is 2.99. The van der Waals surface area contributed by atoms with Gasteiger partial charge in [0.1, 0.15) is 17.2 Å². The van der Waals surface area contributed by atoms with Gasteiger partial charge in [0.25, 0.3) is 5.91 Å². The molecule has 0 unspecified atom stereocenters. The van der Waals surface area contributed by atoms with Crippen molar-refractivity contribution in [2.75, 3.05) is 31.5 Å². The van der Waals surface area contributed by atoms with Crippen LogP contribution in [0.5, 0.6) is 5.75 Å². The van der Waals surface area contributed by atoms with Crippen molar-refractivity contribution in [1.29, 1.82) is 0 Å². The Morgan fingerprint density at radius 2 is 1.62 bits per heavy atom. The summed E-state index contributed by atoms with van der Waals surface area (Å²) in [5.41, 5.74) is 0.144. The molecule has 0 aromatic heterocycles. The van der Waals surface area contributed by atoms with Crippen LogP contribution in [0.2, 0.25) is 0 Å². The van der Waals surface area contributed by atoms with E-state index in [2.05, 4.69) is 5.32 Å². The normalized spacial score (nSPS) is 20.2. The van der Waals surface area contributed by atoms with Crippen LogP contribution in [0.4, 0.5) is 10.1 Å². The lowest BCUT2D eigenvalue weighted by Gasteiger charge is -2.42. The molecule has 1 spiro atoms. The van der Waals surface area contributed by atoms with Crippen LogP contribution in [0.3, 0.4) is 0 Å². The molecule has 2 saturated heterocycles. The van der Waals surface area contributed by atoms with Crippen molar-refractivity contribution in [2.45, 2.75) is 37.7 Å². The number of ether oxygens (including phenoxy) is 1. The summed E-state index contributed by atoms with van der Waals surface area (Å²) < 4.78 is 20.3. The van der Waals surface area contributed by atoms with Crippen LogP contribution < -0.4 is 10.1 Å². The lowest BCUT2D eigenvalue weighted by atomic mass is 9.86. The number of rotatable bonds is 2. The van der Waals surface area contributed by atoms with E-state index in [4.69, 9.17) is 4.74 Å². The van der Waals surface area contributed by atoms with E-state index in [1.165, 1.54) is 12.1 Å². The van der Waals surface area contributed by atoms with Crippen molar-refractivity contribution in [3.63, 3.8) is 0 Å². The first-order valence-electron chi connectivity index (χ1n) is 11.8. The van der Waals surface area contributed by atoms with E-state index in [1.54, 1.807) is 17.0 Å². The molecule has 1 N–H and O–H groups in total. The summed E-state index contributed by atoms with van der Waals surface area (Å²) in [6.07, 6.45) is 2.57. The predicted molar refractivity (Wildman–Crippen MR) is 124 cm³/mol. The number of carbonyl (C=O) groups is 3. The monoisotopic (exact) mass is 465 g/mol. The molecule has 2 fully saturated rings. The highest BCUT2D eigenvalue weighted by atomic mass is 19.1. The Balaban J connectivity index is 1.17. The molecule has 0 radical (unpaired) electrons. The smallest absolute Gasteiger partial charge is 0.256 e. The standard InChI is InChI=1S/C26H28FN3O4/c27-20-6-2-1-5-19(20)25(33)29-13-9-18(10-14-29)24(32)30-15-11-26(12-16-30)17-23(31)28-21-7-3-4-8-22(21)34-26/h1-8,18H,9-17H2,(H,28,31). The number of nitrogens with one attached hydrogen (secondary N) is 1. The molecule has 7 nitrogen and oxygen atoms in total. The van der Waals surface area contributed by atoms with E-state index < -0.39 is 11.4 Å². The van der Waals surface area contributed by atoms with Crippen molar-refractivity contribution in [2.24, 2.45) is 5.92 Å². The van der Waals surface area contributed by atoms with E-state index in [9.17, 15) is 18.8 Å². The van der Waals surface area contributed by atoms with Crippen LogP contribution in [-0.4, -0.2) is 59.3 Å². The molecule has 0 bridgehead atoms. The predicted octanol–water partition coefficient (Wildman–Crippen LogP) is 3.46. The number of benzene rings is 2. The van der Waals surface area contributed by atoms with E-state index in [-0.39, 0.29) is 35.6 Å². The molecular weight excluding hydrogens is 437 g/mol. The van der Waals surface area contributed by atoms with Gasteiger partial charge in [0.15, 0.2) is 0 Å². The molecule has 0 atom stereocenters. The highest BCUT2D eigenvalue weighted by Crippen LogP contribution is 2.38. The second kappa shape index (κ2) is 9.08. The maximum absolute atomic E-state index is 14.0. The summed E-state index contributed by atoms with van der Waals surface area (Å²) in [6, 6.07) is 13.4. The summed E-state index contributed by atoms with van der Waals surface area (Å²) in [4.78, 5) is 41.8. The van der Waals surface area contributed by atoms with Gasteiger partial charge in [-0.15, -0.1) is 0 Å². The van der Waals surface area contributed by atoms with Gasteiger partial charge < -0.3 is 19.9 Å². The molecule has 5 rings (SSSR count). The SMILES string of the molecule is O=C1CC2(CCN(C(=O)C3CCN(C(=O)c4ccccc4F)CC3)CC2)Oc2ccccc2N1. The summed E-state index contributed by atoms with van der Waals surface area (Å²) >= 11 is 0. The molecule has 34 heavy (non-hydrogen) atoms. The van der Waals surface area contributed by atoms with Crippen molar-refractivity contribution < 1.29 is 23.5 Å². The van der Waals surface area contributed by atoms with Crippen molar-refractivity contribution in [3.8, 4) is 5.75 Å². The topological polar surface area (TPSA) is 79.0 Å². The zero-order valence-corrected chi connectivity index (χ0v) is 19.0. The summed E-state index contributed by atoms with van der Waals surface area (Å²) in [7, 11) is 0. The molecule has 0 saturated carbocycles. The molecule has 3 amide bonds. The fourth-order valence-corrected chi connectivity index (χ4v) is 5.22. The Morgan fingerprint density at radius 3 is 2.35 bits per heavy atom. The highest BCUT2D eigenvalue weighted by molar-refractivity contribution is 5.95. The maximum atomic E-state index is 14.0. The second-order valence-corrected chi connectivity index (χ2v) is 9.38. The zero-order chi connectivity index (χ0) is 23.7. The van der Waals surface area contributed by atoms with Crippen molar-refractivity contribution >= 4 is 23.4 Å². The van der Waals surface area contributed by atoms with Crippen LogP contribution in [-0.2, 0) is 9.59 Å². The third-order valence-corrected chi connectivity index (χ3v) is 7.19. The molecule has 8 heteroatoms. The lowest BCUT2D eigenvalue weighted by molar-refractivity contribution is -0.141. The number of para-hydroxylation sites is 2. The highest BCUT2D eigenvalue weighted by Gasteiger charge is 2.43. The number of carbonyl (C=O) groups excluding carboxylic acids is 3. The molecule has 3 heterocycles. The summed E-state index contributed by atoms with van der Waals surface area (Å²) in [5, 5.41) is 2.91. The number of fused-ring (bicyclic) bond motifs is 1. The first kappa shape index (κ1) is 22.4. The molecular formula is C26H28FN3O4. The van der Waals surface area contributed by atoms with Crippen LogP contribution in [0.15, 0.2) is 48.5 Å². The third kappa shape index (κ3) is 4.36. The molecule has 0 aliphatic carbocycles. The molecule has 3 aliphatic heterocycles. The van der Waals surface area contributed by atoms with Gasteiger partial charge in [-0.05, 0) is 37.1 Å². The Labute approximate surface area is 197 Å². The van der Waals surface area contributed by atoms with Crippen LogP contribution in [0, 0.1) is 11.7 Å². The Bertz CT molecular complexity index is 1100. The van der Waals surface area contributed by atoms with E-state index >= 15 is 0 Å². The Kier molecular flexibility index (Phi) is 5.98. The molecule has 2 aromatic rings. The lowest BCUT2D eigenvalue weighted by Crippen LogP contribution is -2.52. The number of halogens is 1. The number of amides is 3. The first-order chi connectivity index (χ1) is 16.4. The van der Waals surface area contributed by atoms with E-state index in [0.29, 0.717) is 63.3 Å². The third-order valence-electron chi connectivity index (χ3n) is 7.19. The minimum atomic E-state index is -0.608. The van der Waals surface area contributed by atoms with Gasteiger partial charge in [-0.2, -0.15) is 0 Å². The molecule has 178 valence electrons. The van der Waals surface area contributed by atoms with Gasteiger partial charge in [-0.1, -0.05) is 24.3 Å². The van der Waals surface area contributed by atoms with Crippen molar-refractivity contribution in [1.82, 2.24) is 9.80 Å².